The van der Waals surface area contributed by atoms with Crippen LogP contribution in [-0.2, 0) is 12.6 Å². The highest BCUT2D eigenvalue weighted by Crippen LogP contribution is 2.28. The van der Waals surface area contributed by atoms with Crippen molar-refractivity contribution in [3.05, 3.63) is 63.9 Å². The zero-order valence-electron chi connectivity index (χ0n) is 10.1. The number of carbonyl (C=O) groups excluding carboxylic acids is 1. The van der Waals surface area contributed by atoms with Crippen LogP contribution in [0.5, 0.6) is 0 Å². The van der Waals surface area contributed by atoms with Crippen LogP contribution in [-0.4, -0.2) is 10.8 Å². The van der Waals surface area contributed by atoms with E-state index < -0.39 is 11.7 Å². The number of halogens is 4. The van der Waals surface area contributed by atoms with Crippen molar-refractivity contribution in [1.29, 1.82) is 0 Å². The molecule has 0 unspecified atom stereocenters. The number of benzene rings is 1. The van der Waals surface area contributed by atoms with Crippen LogP contribution in [0.1, 0.15) is 21.6 Å². The van der Waals surface area contributed by atoms with Crippen LogP contribution in [0.15, 0.2) is 47.1 Å². The van der Waals surface area contributed by atoms with Gasteiger partial charge in [-0.1, -0.05) is 28.1 Å². The third-order valence-electron chi connectivity index (χ3n) is 2.64. The Morgan fingerprint density at radius 1 is 1.20 bits per heavy atom. The Labute approximate surface area is 121 Å². The smallest absolute Gasteiger partial charge is 0.294 e. The molecule has 0 radical (unpaired) electrons. The topological polar surface area (TPSA) is 30.0 Å². The Morgan fingerprint density at radius 2 is 1.95 bits per heavy atom. The van der Waals surface area contributed by atoms with Crippen molar-refractivity contribution in [3.8, 4) is 0 Å². The molecule has 0 aliphatic rings. The predicted molar refractivity (Wildman–Crippen MR) is 71.4 cm³/mol. The standard InChI is InChI=1S/C14H9BrF3NO/c15-11-3-1-2-9(6-11)13(20)7-12-5-4-10(8-19-12)14(16,17)18/h1-6,8H,7H2. The van der Waals surface area contributed by atoms with E-state index in [1.165, 1.54) is 6.07 Å². The van der Waals surface area contributed by atoms with Crippen LogP contribution in [0.3, 0.4) is 0 Å². The number of rotatable bonds is 3. The minimum atomic E-state index is -4.42. The number of ketones is 1. The molecule has 0 aliphatic heterocycles. The maximum absolute atomic E-state index is 12.4. The van der Waals surface area contributed by atoms with Gasteiger partial charge in [0, 0.05) is 21.9 Å². The summed E-state index contributed by atoms with van der Waals surface area (Å²) >= 11 is 3.25. The highest BCUT2D eigenvalue weighted by atomic mass is 79.9. The van der Waals surface area contributed by atoms with E-state index in [1.54, 1.807) is 24.3 Å². The Kier molecular flexibility index (Phi) is 4.23. The van der Waals surface area contributed by atoms with E-state index in [1.807, 2.05) is 0 Å². The van der Waals surface area contributed by atoms with Crippen LogP contribution >= 0.6 is 15.9 Å². The van der Waals surface area contributed by atoms with E-state index in [0.29, 0.717) is 11.3 Å². The van der Waals surface area contributed by atoms with Crippen molar-refractivity contribution in [2.75, 3.05) is 0 Å². The van der Waals surface area contributed by atoms with E-state index >= 15 is 0 Å². The molecule has 0 aliphatic carbocycles. The molecule has 0 atom stereocenters. The zero-order valence-corrected chi connectivity index (χ0v) is 11.7. The van der Waals surface area contributed by atoms with E-state index in [4.69, 9.17) is 0 Å². The summed E-state index contributed by atoms with van der Waals surface area (Å²) < 4.78 is 37.9. The van der Waals surface area contributed by atoms with Gasteiger partial charge in [0.15, 0.2) is 5.78 Å². The third kappa shape index (κ3) is 3.66. The van der Waals surface area contributed by atoms with Gasteiger partial charge in [0.1, 0.15) is 0 Å². The molecule has 0 N–H and O–H groups in total. The summed E-state index contributed by atoms with van der Waals surface area (Å²) in [5, 5.41) is 0. The maximum Gasteiger partial charge on any atom is 0.417 e. The van der Waals surface area contributed by atoms with Crippen molar-refractivity contribution in [3.63, 3.8) is 0 Å². The fourth-order valence-corrected chi connectivity index (χ4v) is 2.02. The van der Waals surface area contributed by atoms with Crippen LogP contribution < -0.4 is 0 Å². The second-order valence-electron chi connectivity index (χ2n) is 4.15. The molecular formula is C14H9BrF3NO. The number of carbonyl (C=O) groups is 1. The first kappa shape index (κ1) is 14.7. The van der Waals surface area contributed by atoms with E-state index in [9.17, 15) is 18.0 Å². The van der Waals surface area contributed by atoms with Crippen molar-refractivity contribution < 1.29 is 18.0 Å². The Morgan fingerprint density at radius 3 is 2.50 bits per heavy atom. The summed E-state index contributed by atoms with van der Waals surface area (Å²) in [4.78, 5) is 15.6. The minimum absolute atomic E-state index is 0.0331. The quantitative estimate of drug-likeness (QED) is 0.778. The molecule has 0 fully saturated rings. The van der Waals surface area contributed by atoms with Gasteiger partial charge < -0.3 is 0 Å². The van der Waals surface area contributed by atoms with Crippen molar-refractivity contribution in [1.82, 2.24) is 4.98 Å². The Balaban J connectivity index is 2.12. The van der Waals surface area contributed by atoms with Gasteiger partial charge >= 0.3 is 6.18 Å². The Bertz CT molecular complexity index is 623. The maximum atomic E-state index is 12.4. The highest BCUT2D eigenvalue weighted by Gasteiger charge is 2.30. The van der Waals surface area contributed by atoms with Gasteiger partial charge in [0.05, 0.1) is 12.0 Å². The molecule has 20 heavy (non-hydrogen) atoms. The summed E-state index contributed by atoms with van der Waals surface area (Å²) in [7, 11) is 0. The first-order chi connectivity index (χ1) is 9.36. The van der Waals surface area contributed by atoms with E-state index in [-0.39, 0.29) is 12.2 Å². The average molecular weight is 344 g/mol. The zero-order chi connectivity index (χ0) is 14.8. The lowest BCUT2D eigenvalue weighted by Crippen LogP contribution is -2.08. The van der Waals surface area contributed by atoms with E-state index in [0.717, 1.165) is 16.7 Å². The number of nitrogens with zero attached hydrogens (tertiary/aromatic N) is 1. The van der Waals surface area contributed by atoms with Gasteiger partial charge in [-0.15, -0.1) is 0 Å². The fourth-order valence-electron chi connectivity index (χ4n) is 1.63. The lowest BCUT2D eigenvalue weighted by molar-refractivity contribution is -0.137. The van der Waals surface area contributed by atoms with Crippen LogP contribution in [0, 0.1) is 0 Å². The largest absolute Gasteiger partial charge is 0.417 e. The summed E-state index contributed by atoms with van der Waals surface area (Å²) in [5.41, 5.74) is -0.0276. The van der Waals surface area contributed by atoms with Crippen molar-refractivity contribution in [2.45, 2.75) is 12.6 Å². The summed E-state index contributed by atoms with van der Waals surface area (Å²) in [6.45, 7) is 0. The Hall–Kier alpha value is -1.69. The molecule has 1 heterocycles. The number of hydrogen-bond acceptors (Lipinski definition) is 2. The third-order valence-corrected chi connectivity index (χ3v) is 3.13. The van der Waals surface area contributed by atoms with Gasteiger partial charge in [0.2, 0.25) is 0 Å². The van der Waals surface area contributed by atoms with Crippen molar-refractivity contribution in [2.24, 2.45) is 0 Å². The second-order valence-corrected chi connectivity index (χ2v) is 5.06. The normalized spacial score (nSPS) is 11.4. The predicted octanol–water partition coefficient (Wildman–Crippen LogP) is 4.29. The SMILES string of the molecule is O=C(Cc1ccc(C(F)(F)F)cn1)c1cccc(Br)c1. The van der Waals surface area contributed by atoms with Crippen molar-refractivity contribution >= 4 is 21.7 Å². The first-order valence-electron chi connectivity index (χ1n) is 5.67. The lowest BCUT2D eigenvalue weighted by Gasteiger charge is -2.06. The molecule has 0 saturated heterocycles. The molecule has 6 heteroatoms. The molecule has 104 valence electrons. The van der Waals surface area contributed by atoms with Gasteiger partial charge in [0.25, 0.3) is 0 Å². The summed E-state index contributed by atoms with van der Waals surface area (Å²) in [6.07, 6.45) is -3.71. The molecule has 0 saturated carbocycles. The molecular weight excluding hydrogens is 335 g/mol. The first-order valence-corrected chi connectivity index (χ1v) is 6.46. The minimum Gasteiger partial charge on any atom is -0.294 e. The number of pyridine rings is 1. The molecule has 1 aromatic carbocycles. The molecule has 0 bridgehead atoms. The summed E-state index contributed by atoms with van der Waals surface area (Å²) in [5.74, 6) is -0.196. The molecule has 2 nitrogen and oxygen atoms in total. The molecule has 2 aromatic rings. The summed E-state index contributed by atoms with van der Waals surface area (Å²) in [6, 6.07) is 8.96. The number of alkyl halides is 3. The number of hydrogen-bond donors (Lipinski definition) is 0. The molecule has 0 spiro atoms. The monoisotopic (exact) mass is 343 g/mol. The van der Waals surface area contributed by atoms with Gasteiger partial charge in [-0.05, 0) is 24.3 Å². The molecule has 1 aromatic heterocycles. The lowest BCUT2D eigenvalue weighted by atomic mass is 10.1. The second kappa shape index (κ2) is 5.75. The van der Waals surface area contributed by atoms with Gasteiger partial charge in [-0.3, -0.25) is 9.78 Å². The average Bonchev–Trinajstić information content (AvgIpc) is 2.38. The van der Waals surface area contributed by atoms with Crippen LogP contribution in [0.25, 0.3) is 0 Å². The molecule has 2 rings (SSSR count). The highest BCUT2D eigenvalue weighted by molar-refractivity contribution is 9.10. The number of aromatic nitrogens is 1. The fraction of sp³-hybridized carbons (Fsp3) is 0.143. The van der Waals surface area contributed by atoms with Crippen LogP contribution in [0.4, 0.5) is 13.2 Å². The van der Waals surface area contributed by atoms with Gasteiger partial charge in [-0.2, -0.15) is 13.2 Å². The van der Waals surface area contributed by atoms with Crippen LogP contribution in [0.2, 0.25) is 0 Å². The van der Waals surface area contributed by atoms with E-state index in [2.05, 4.69) is 20.9 Å². The molecule has 0 amide bonds. The number of Topliss-reactive ketones (excluding diaryl/α,β-unsaturated/α-hetero) is 1. The van der Waals surface area contributed by atoms with Gasteiger partial charge in [-0.25, -0.2) is 0 Å².